The van der Waals surface area contributed by atoms with Crippen molar-refractivity contribution in [3.63, 3.8) is 0 Å². The lowest BCUT2D eigenvalue weighted by atomic mass is 10.1. The van der Waals surface area contributed by atoms with Crippen LogP contribution in [0.15, 0.2) is 41.1 Å². The van der Waals surface area contributed by atoms with Crippen LogP contribution in [-0.4, -0.2) is 18.4 Å². The summed E-state index contributed by atoms with van der Waals surface area (Å²) < 4.78 is 4.92. The van der Waals surface area contributed by atoms with Crippen molar-refractivity contribution in [2.75, 3.05) is 6.61 Å². The van der Waals surface area contributed by atoms with E-state index in [1.807, 2.05) is 0 Å². The van der Waals surface area contributed by atoms with Crippen molar-refractivity contribution in [1.82, 2.24) is 0 Å². The Kier molecular flexibility index (Phi) is 4.12. The second-order valence-electron chi connectivity index (χ2n) is 3.52. The fourth-order valence-electron chi connectivity index (χ4n) is 1.31. The van der Waals surface area contributed by atoms with Crippen molar-refractivity contribution in [2.45, 2.75) is 0 Å². The minimum absolute atomic E-state index is 0.254. The SMILES string of the molecule is O=C(COC(=O)c1ccsc1)c1ccc(Cl)cc1. The zero-order chi connectivity index (χ0) is 13.0. The summed E-state index contributed by atoms with van der Waals surface area (Å²) >= 11 is 7.12. The average Bonchev–Trinajstić information content (AvgIpc) is 2.90. The summed E-state index contributed by atoms with van der Waals surface area (Å²) in [6.07, 6.45) is 0. The molecule has 0 aliphatic rings. The van der Waals surface area contributed by atoms with Gasteiger partial charge in [-0.2, -0.15) is 11.3 Å². The summed E-state index contributed by atoms with van der Waals surface area (Å²) in [5, 5.41) is 4.01. The van der Waals surface area contributed by atoms with Crippen molar-refractivity contribution in [2.24, 2.45) is 0 Å². The lowest BCUT2D eigenvalue weighted by Gasteiger charge is -2.03. The third-order valence-electron chi connectivity index (χ3n) is 2.26. The van der Waals surface area contributed by atoms with Crippen LogP contribution in [0.4, 0.5) is 0 Å². The number of halogens is 1. The lowest BCUT2D eigenvalue weighted by molar-refractivity contribution is 0.0475. The number of esters is 1. The van der Waals surface area contributed by atoms with Gasteiger partial charge in [-0.25, -0.2) is 4.79 Å². The first-order valence-corrected chi connectivity index (χ1v) is 6.47. The Morgan fingerprint density at radius 1 is 1.11 bits per heavy atom. The number of thiophene rings is 1. The van der Waals surface area contributed by atoms with E-state index in [0.717, 1.165) is 0 Å². The van der Waals surface area contributed by atoms with Gasteiger partial charge in [0.15, 0.2) is 12.4 Å². The van der Waals surface area contributed by atoms with Crippen molar-refractivity contribution in [3.05, 3.63) is 57.2 Å². The molecule has 2 aromatic rings. The molecule has 0 radical (unpaired) electrons. The Morgan fingerprint density at radius 2 is 1.83 bits per heavy atom. The summed E-state index contributed by atoms with van der Waals surface area (Å²) in [7, 11) is 0. The maximum Gasteiger partial charge on any atom is 0.339 e. The lowest BCUT2D eigenvalue weighted by Crippen LogP contribution is -2.13. The smallest absolute Gasteiger partial charge is 0.339 e. The maximum atomic E-state index is 11.7. The van der Waals surface area contributed by atoms with Crippen molar-refractivity contribution < 1.29 is 14.3 Å². The second kappa shape index (κ2) is 5.80. The van der Waals surface area contributed by atoms with Gasteiger partial charge in [0.2, 0.25) is 0 Å². The molecule has 0 saturated carbocycles. The van der Waals surface area contributed by atoms with Crippen LogP contribution in [0.5, 0.6) is 0 Å². The van der Waals surface area contributed by atoms with Gasteiger partial charge in [0.1, 0.15) is 0 Å². The van der Waals surface area contributed by atoms with Gasteiger partial charge in [0.05, 0.1) is 5.56 Å². The van der Waals surface area contributed by atoms with Crippen molar-refractivity contribution >= 4 is 34.7 Å². The number of carbonyl (C=O) groups is 2. The number of carbonyl (C=O) groups excluding carboxylic acids is 2. The van der Waals surface area contributed by atoms with E-state index >= 15 is 0 Å². The fourth-order valence-corrected chi connectivity index (χ4v) is 2.07. The molecule has 0 aliphatic carbocycles. The normalized spacial score (nSPS) is 10.1. The number of rotatable bonds is 4. The van der Waals surface area contributed by atoms with E-state index in [1.165, 1.54) is 11.3 Å². The summed E-state index contributed by atoms with van der Waals surface area (Å²) in [5.41, 5.74) is 0.932. The molecular formula is C13H9ClO3S. The number of hydrogen-bond donors (Lipinski definition) is 0. The Labute approximate surface area is 113 Å². The van der Waals surface area contributed by atoms with Crippen LogP contribution >= 0.6 is 22.9 Å². The van der Waals surface area contributed by atoms with Gasteiger partial charge in [-0.3, -0.25) is 4.79 Å². The first kappa shape index (κ1) is 12.8. The Balaban J connectivity index is 1.92. The third-order valence-corrected chi connectivity index (χ3v) is 3.19. The van der Waals surface area contributed by atoms with Gasteiger partial charge in [-0.1, -0.05) is 11.6 Å². The monoisotopic (exact) mass is 280 g/mol. The van der Waals surface area contributed by atoms with Crippen LogP contribution in [0.3, 0.4) is 0 Å². The van der Waals surface area contributed by atoms with Gasteiger partial charge in [0.25, 0.3) is 0 Å². The molecule has 0 bridgehead atoms. The molecule has 0 amide bonds. The van der Waals surface area contributed by atoms with E-state index in [0.29, 0.717) is 16.1 Å². The number of hydrogen-bond acceptors (Lipinski definition) is 4. The highest BCUT2D eigenvalue weighted by Crippen LogP contribution is 2.11. The van der Waals surface area contributed by atoms with E-state index in [4.69, 9.17) is 16.3 Å². The molecule has 18 heavy (non-hydrogen) atoms. The van der Waals surface area contributed by atoms with Gasteiger partial charge in [-0.05, 0) is 35.7 Å². The van der Waals surface area contributed by atoms with Crippen molar-refractivity contribution in [3.8, 4) is 0 Å². The van der Waals surface area contributed by atoms with Gasteiger partial charge in [0, 0.05) is 16.0 Å². The van der Waals surface area contributed by atoms with Crippen LogP contribution in [-0.2, 0) is 4.74 Å². The minimum Gasteiger partial charge on any atom is -0.454 e. The molecule has 92 valence electrons. The quantitative estimate of drug-likeness (QED) is 0.636. The van der Waals surface area contributed by atoms with Gasteiger partial charge >= 0.3 is 5.97 Å². The number of ether oxygens (including phenoxy) is 1. The number of ketones is 1. The molecular weight excluding hydrogens is 272 g/mol. The highest BCUT2D eigenvalue weighted by Gasteiger charge is 2.11. The molecule has 0 saturated heterocycles. The molecule has 5 heteroatoms. The molecule has 1 heterocycles. The molecule has 1 aromatic heterocycles. The zero-order valence-electron chi connectivity index (χ0n) is 9.26. The predicted octanol–water partition coefficient (Wildman–Crippen LogP) is 3.44. The van der Waals surface area contributed by atoms with E-state index in [9.17, 15) is 9.59 Å². The maximum absolute atomic E-state index is 11.7. The Bertz CT molecular complexity index is 546. The summed E-state index contributed by atoms with van der Waals surface area (Å²) in [6, 6.07) is 8.09. The second-order valence-corrected chi connectivity index (χ2v) is 4.73. The molecule has 0 N–H and O–H groups in total. The van der Waals surface area contributed by atoms with Crippen molar-refractivity contribution in [1.29, 1.82) is 0 Å². The van der Waals surface area contributed by atoms with Crippen LogP contribution < -0.4 is 0 Å². The first-order chi connectivity index (χ1) is 8.66. The van der Waals surface area contributed by atoms with E-state index in [1.54, 1.807) is 41.1 Å². The molecule has 0 aliphatic heterocycles. The van der Waals surface area contributed by atoms with Gasteiger partial charge < -0.3 is 4.74 Å². The Hall–Kier alpha value is -1.65. The molecule has 2 rings (SSSR count). The minimum atomic E-state index is -0.487. The topological polar surface area (TPSA) is 43.4 Å². The van der Waals surface area contributed by atoms with E-state index in [-0.39, 0.29) is 12.4 Å². The highest BCUT2D eigenvalue weighted by atomic mass is 35.5. The van der Waals surface area contributed by atoms with Crippen LogP contribution in [0, 0.1) is 0 Å². The third kappa shape index (κ3) is 3.18. The van der Waals surface area contributed by atoms with Crippen LogP contribution in [0.1, 0.15) is 20.7 Å². The fraction of sp³-hybridized carbons (Fsp3) is 0.0769. The summed E-state index contributed by atoms with van der Waals surface area (Å²) in [4.78, 5) is 23.2. The first-order valence-electron chi connectivity index (χ1n) is 5.15. The molecule has 0 atom stereocenters. The number of Topliss-reactive ketones (excluding diaryl/α,β-unsaturated/α-hetero) is 1. The summed E-state index contributed by atoms with van der Waals surface area (Å²) in [6.45, 7) is -0.268. The van der Waals surface area contributed by atoms with E-state index < -0.39 is 5.97 Å². The zero-order valence-corrected chi connectivity index (χ0v) is 10.8. The molecule has 1 aromatic carbocycles. The molecule has 0 fully saturated rings. The van der Waals surface area contributed by atoms with Crippen LogP contribution in [0.2, 0.25) is 5.02 Å². The number of benzene rings is 1. The average molecular weight is 281 g/mol. The van der Waals surface area contributed by atoms with Crippen LogP contribution in [0.25, 0.3) is 0 Å². The Morgan fingerprint density at radius 3 is 2.44 bits per heavy atom. The standard InChI is InChI=1S/C13H9ClO3S/c14-11-3-1-9(2-4-11)12(15)7-17-13(16)10-5-6-18-8-10/h1-6,8H,7H2. The molecule has 0 spiro atoms. The predicted molar refractivity (Wildman–Crippen MR) is 70.4 cm³/mol. The highest BCUT2D eigenvalue weighted by molar-refractivity contribution is 7.08. The summed E-state index contributed by atoms with van der Waals surface area (Å²) in [5.74, 6) is -0.742. The molecule has 0 unspecified atom stereocenters. The largest absolute Gasteiger partial charge is 0.454 e. The van der Waals surface area contributed by atoms with E-state index in [2.05, 4.69) is 0 Å². The molecule has 3 nitrogen and oxygen atoms in total. The van der Waals surface area contributed by atoms with Gasteiger partial charge in [-0.15, -0.1) is 0 Å².